The third-order valence-electron chi connectivity index (χ3n) is 5.82. The zero-order valence-electron chi connectivity index (χ0n) is 21.1. The van der Waals surface area contributed by atoms with E-state index in [1.165, 1.54) is 37.4 Å². The summed E-state index contributed by atoms with van der Waals surface area (Å²) >= 11 is 0. The minimum Gasteiger partial charge on any atom is -0.478 e. The molecule has 0 aliphatic heterocycles. The van der Waals surface area contributed by atoms with Crippen molar-refractivity contribution < 1.29 is 33.8 Å². The fraction of sp³-hybridized carbons (Fsp3) is 0.0667. The van der Waals surface area contributed by atoms with E-state index in [0.717, 1.165) is 5.56 Å². The van der Waals surface area contributed by atoms with Gasteiger partial charge >= 0.3 is 5.97 Å². The van der Waals surface area contributed by atoms with Gasteiger partial charge in [-0.3, -0.25) is 14.4 Å². The number of nitrogens with one attached hydrogen (secondary N) is 2. The fourth-order valence-electron chi connectivity index (χ4n) is 3.82. The Balaban J connectivity index is 1.60. The molecule has 0 aromatic heterocycles. The third kappa shape index (κ3) is 6.28. The highest BCUT2D eigenvalue weighted by molar-refractivity contribution is 6.11. The van der Waals surface area contributed by atoms with Crippen LogP contribution in [0.2, 0.25) is 0 Å². The summed E-state index contributed by atoms with van der Waals surface area (Å²) in [6.07, 6.45) is 0. The van der Waals surface area contributed by atoms with Crippen LogP contribution in [0.1, 0.15) is 36.6 Å². The number of aryl methyl sites for hydroxylation is 1. The first kappa shape index (κ1) is 26.6. The molecule has 0 bridgehead atoms. The highest BCUT2D eigenvalue weighted by Gasteiger charge is 2.19. The van der Waals surface area contributed by atoms with Gasteiger partial charge in [-0.05, 0) is 78.7 Å². The molecule has 4 rings (SSSR count). The summed E-state index contributed by atoms with van der Waals surface area (Å²) in [5.74, 6) is -1.08. The van der Waals surface area contributed by atoms with Crippen LogP contribution in [0.25, 0.3) is 11.1 Å². The van der Waals surface area contributed by atoms with Crippen LogP contribution in [0.15, 0.2) is 84.9 Å². The van der Waals surface area contributed by atoms with Crippen molar-refractivity contribution >= 4 is 29.9 Å². The first-order valence-electron chi connectivity index (χ1n) is 11.8. The predicted molar refractivity (Wildman–Crippen MR) is 145 cm³/mol. The number of aromatic carboxylic acids is 1. The van der Waals surface area contributed by atoms with Crippen LogP contribution in [-0.4, -0.2) is 36.4 Å². The van der Waals surface area contributed by atoms with Crippen LogP contribution in [0.3, 0.4) is 0 Å². The van der Waals surface area contributed by atoms with E-state index < -0.39 is 17.8 Å². The van der Waals surface area contributed by atoms with Crippen molar-refractivity contribution in [1.29, 1.82) is 0 Å². The lowest BCUT2D eigenvalue weighted by Crippen LogP contribution is -2.19. The maximum Gasteiger partial charge on any atom is 0.336 e. The Bertz CT molecular complexity index is 1550. The lowest BCUT2D eigenvalue weighted by atomic mass is 9.97. The minimum absolute atomic E-state index is 0.0584. The van der Waals surface area contributed by atoms with Crippen molar-refractivity contribution in [2.75, 3.05) is 12.4 Å². The Labute approximate surface area is 224 Å². The molecular formula is C30H24N2O7. The second-order valence-corrected chi connectivity index (χ2v) is 8.46. The Morgan fingerprint density at radius 3 is 1.92 bits per heavy atom. The predicted octanol–water partition coefficient (Wildman–Crippen LogP) is 5.30. The first-order valence-corrected chi connectivity index (χ1v) is 11.8. The number of benzene rings is 4. The highest BCUT2D eigenvalue weighted by Crippen LogP contribution is 2.29. The standard InChI is InChI=1S/C30H24N2O7/c1-18-3-9-22(10-4-18)39-23-11-7-21(8-12-23)32-29(35)25-15-19(5-13-24(25)30(36)37)20-6-14-27(38-17-33)26(16-20)28(34)31-2/h3-17H,1-2H3,(H,31,34)(H,32,35)(H,36,37). The molecule has 0 fully saturated rings. The van der Waals surface area contributed by atoms with Gasteiger partial charge in [0.1, 0.15) is 17.2 Å². The minimum atomic E-state index is -1.27. The van der Waals surface area contributed by atoms with Crippen LogP contribution >= 0.6 is 0 Å². The Morgan fingerprint density at radius 1 is 0.744 bits per heavy atom. The van der Waals surface area contributed by atoms with Gasteiger partial charge in [0.25, 0.3) is 18.3 Å². The Morgan fingerprint density at radius 2 is 1.33 bits per heavy atom. The van der Waals surface area contributed by atoms with E-state index in [2.05, 4.69) is 10.6 Å². The zero-order chi connectivity index (χ0) is 27.9. The molecule has 39 heavy (non-hydrogen) atoms. The van der Waals surface area contributed by atoms with Gasteiger partial charge < -0.3 is 25.2 Å². The molecule has 4 aromatic carbocycles. The summed E-state index contributed by atoms with van der Waals surface area (Å²) in [4.78, 5) is 48.1. The topological polar surface area (TPSA) is 131 Å². The van der Waals surface area contributed by atoms with Crippen molar-refractivity contribution in [2.45, 2.75) is 6.92 Å². The van der Waals surface area contributed by atoms with Crippen molar-refractivity contribution in [3.05, 3.63) is 107 Å². The van der Waals surface area contributed by atoms with Gasteiger partial charge in [-0.1, -0.05) is 29.8 Å². The molecule has 0 radical (unpaired) electrons. The second-order valence-electron chi connectivity index (χ2n) is 8.46. The molecular weight excluding hydrogens is 500 g/mol. The third-order valence-corrected chi connectivity index (χ3v) is 5.82. The molecule has 0 saturated carbocycles. The maximum atomic E-state index is 13.2. The van der Waals surface area contributed by atoms with Gasteiger partial charge in [0, 0.05) is 12.7 Å². The van der Waals surface area contributed by atoms with Gasteiger partial charge in [0.05, 0.1) is 16.7 Å². The SMILES string of the molecule is CNC(=O)c1cc(-c2ccc(C(=O)O)c(C(=O)Nc3ccc(Oc4ccc(C)cc4)cc3)c2)ccc1OC=O. The summed E-state index contributed by atoms with van der Waals surface area (Å²) in [6, 6.07) is 23.0. The molecule has 2 amide bonds. The van der Waals surface area contributed by atoms with Crippen LogP contribution in [-0.2, 0) is 4.79 Å². The average Bonchev–Trinajstić information content (AvgIpc) is 2.95. The van der Waals surface area contributed by atoms with E-state index in [1.54, 1.807) is 30.3 Å². The van der Waals surface area contributed by atoms with Crippen LogP contribution in [0.4, 0.5) is 5.69 Å². The largest absolute Gasteiger partial charge is 0.478 e. The lowest BCUT2D eigenvalue weighted by molar-refractivity contribution is -0.120. The van der Waals surface area contributed by atoms with E-state index in [0.29, 0.717) is 28.3 Å². The molecule has 0 unspecified atom stereocenters. The van der Waals surface area contributed by atoms with Gasteiger partial charge in [0.2, 0.25) is 0 Å². The quantitative estimate of drug-likeness (QED) is 0.253. The average molecular weight is 525 g/mol. The summed E-state index contributed by atoms with van der Waals surface area (Å²) in [5, 5.41) is 14.9. The normalized spacial score (nSPS) is 10.3. The number of ether oxygens (including phenoxy) is 2. The van der Waals surface area contributed by atoms with E-state index >= 15 is 0 Å². The number of carboxylic acid groups (broad SMARTS) is 1. The molecule has 0 atom stereocenters. The van der Waals surface area contributed by atoms with Crippen LogP contribution in [0, 0.1) is 6.92 Å². The van der Waals surface area contributed by atoms with E-state index in [1.807, 2.05) is 31.2 Å². The summed E-state index contributed by atoms with van der Waals surface area (Å²) in [5.41, 5.74) is 2.38. The summed E-state index contributed by atoms with van der Waals surface area (Å²) in [7, 11) is 1.44. The number of carbonyl (C=O) groups excluding carboxylic acids is 3. The number of carbonyl (C=O) groups is 4. The molecule has 0 heterocycles. The number of carboxylic acids is 1. The summed E-state index contributed by atoms with van der Waals surface area (Å²) in [6.45, 7) is 2.20. The van der Waals surface area contributed by atoms with Gasteiger partial charge in [0.15, 0.2) is 0 Å². The number of amides is 2. The van der Waals surface area contributed by atoms with E-state index in [-0.39, 0.29) is 28.9 Å². The first-order chi connectivity index (χ1) is 18.8. The van der Waals surface area contributed by atoms with Crippen molar-refractivity contribution in [2.24, 2.45) is 0 Å². The molecule has 0 spiro atoms. The summed E-state index contributed by atoms with van der Waals surface area (Å²) < 4.78 is 10.7. The molecule has 0 aliphatic carbocycles. The van der Waals surface area contributed by atoms with E-state index in [9.17, 15) is 24.3 Å². The Hall–Kier alpha value is -5.44. The zero-order valence-corrected chi connectivity index (χ0v) is 21.1. The van der Waals surface area contributed by atoms with Gasteiger partial charge in [-0.2, -0.15) is 0 Å². The molecule has 196 valence electrons. The number of hydrogen-bond donors (Lipinski definition) is 3. The maximum absolute atomic E-state index is 13.2. The monoisotopic (exact) mass is 524 g/mol. The molecule has 3 N–H and O–H groups in total. The van der Waals surface area contributed by atoms with Crippen molar-refractivity contribution in [3.63, 3.8) is 0 Å². The van der Waals surface area contributed by atoms with Crippen LogP contribution in [0.5, 0.6) is 17.2 Å². The highest BCUT2D eigenvalue weighted by atomic mass is 16.5. The fourth-order valence-corrected chi connectivity index (χ4v) is 3.82. The van der Waals surface area contributed by atoms with Crippen LogP contribution < -0.4 is 20.1 Å². The molecule has 0 saturated heterocycles. The number of rotatable bonds is 9. The molecule has 4 aromatic rings. The van der Waals surface area contributed by atoms with Crippen molar-refractivity contribution in [3.8, 4) is 28.4 Å². The molecule has 9 nitrogen and oxygen atoms in total. The number of hydrogen-bond acceptors (Lipinski definition) is 6. The second kappa shape index (κ2) is 11.7. The van der Waals surface area contributed by atoms with Gasteiger partial charge in [-0.25, -0.2) is 4.79 Å². The molecule has 9 heteroatoms. The van der Waals surface area contributed by atoms with Gasteiger partial charge in [-0.15, -0.1) is 0 Å². The smallest absolute Gasteiger partial charge is 0.336 e. The van der Waals surface area contributed by atoms with Crippen molar-refractivity contribution in [1.82, 2.24) is 5.32 Å². The molecule has 0 aliphatic rings. The van der Waals surface area contributed by atoms with E-state index in [4.69, 9.17) is 9.47 Å². The Kier molecular flexibility index (Phi) is 8.01. The lowest BCUT2D eigenvalue weighted by Gasteiger charge is -2.13. The number of anilines is 1.